The predicted molar refractivity (Wildman–Crippen MR) is 83.2 cm³/mol. The third-order valence-electron chi connectivity index (χ3n) is 3.99. The summed E-state index contributed by atoms with van der Waals surface area (Å²) in [7, 11) is 0. The summed E-state index contributed by atoms with van der Waals surface area (Å²) in [5.41, 5.74) is 7.57. The summed E-state index contributed by atoms with van der Waals surface area (Å²) in [6.07, 6.45) is 4.27. The minimum Gasteiger partial charge on any atom is -0.381 e. The van der Waals surface area contributed by atoms with Crippen LogP contribution >= 0.6 is 0 Å². The van der Waals surface area contributed by atoms with Gasteiger partial charge in [-0.3, -0.25) is 4.79 Å². The molecule has 0 radical (unpaired) electrons. The van der Waals surface area contributed by atoms with E-state index in [4.69, 9.17) is 10.5 Å². The normalized spacial score (nSPS) is 15.6. The highest BCUT2D eigenvalue weighted by Crippen LogP contribution is 2.23. The molecule has 1 fully saturated rings. The lowest BCUT2D eigenvalue weighted by atomic mass is 9.93. The Bertz CT molecular complexity index is 652. The third kappa shape index (κ3) is 3.31. The molecule has 0 spiro atoms. The molecular formula is C17H19N3O2. The van der Waals surface area contributed by atoms with Crippen molar-refractivity contribution in [2.75, 3.05) is 13.2 Å². The number of carbonyl (C=O) groups excluding carboxylic acids is 1. The van der Waals surface area contributed by atoms with Crippen molar-refractivity contribution in [1.82, 2.24) is 9.97 Å². The second-order valence-corrected chi connectivity index (χ2v) is 5.54. The van der Waals surface area contributed by atoms with Gasteiger partial charge in [0.25, 0.3) is 5.91 Å². The Balaban J connectivity index is 1.92. The molecule has 2 N–H and O–H groups in total. The van der Waals surface area contributed by atoms with Crippen LogP contribution in [0.25, 0.3) is 11.4 Å². The van der Waals surface area contributed by atoms with Gasteiger partial charge in [-0.05, 0) is 25.2 Å². The molecule has 1 aliphatic rings. The SMILES string of the molecule is NC(=O)c1cnc(-c2ccccc2)nc1CC1CCOCC1. The van der Waals surface area contributed by atoms with Crippen LogP contribution in [0.5, 0.6) is 0 Å². The van der Waals surface area contributed by atoms with Gasteiger partial charge < -0.3 is 10.5 Å². The van der Waals surface area contributed by atoms with Crippen molar-refractivity contribution in [2.45, 2.75) is 19.3 Å². The molecule has 2 heterocycles. The van der Waals surface area contributed by atoms with E-state index in [2.05, 4.69) is 9.97 Å². The second-order valence-electron chi connectivity index (χ2n) is 5.54. The number of rotatable bonds is 4. The number of aromatic nitrogens is 2. The minimum atomic E-state index is -0.471. The summed E-state index contributed by atoms with van der Waals surface area (Å²) < 4.78 is 5.38. The van der Waals surface area contributed by atoms with E-state index in [1.807, 2.05) is 30.3 Å². The number of amides is 1. The van der Waals surface area contributed by atoms with Gasteiger partial charge >= 0.3 is 0 Å². The van der Waals surface area contributed by atoms with E-state index in [-0.39, 0.29) is 0 Å². The zero-order valence-electron chi connectivity index (χ0n) is 12.4. The molecule has 1 saturated heterocycles. The van der Waals surface area contributed by atoms with Gasteiger partial charge in [-0.1, -0.05) is 30.3 Å². The Kier molecular flexibility index (Phi) is 4.44. The van der Waals surface area contributed by atoms with Gasteiger partial charge in [-0.2, -0.15) is 0 Å². The van der Waals surface area contributed by atoms with Crippen LogP contribution in [-0.4, -0.2) is 29.1 Å². The molecule has 1 amide bonds. The maximum Gasteiger partial charge on any atom is 0.252 e. The van der Waals surface area contributed by atoms with Gasteiger partial charge in [0.05, 0.1) is 11.3 Å². The van der Waals surface area contributed by atoms with Gasteiger partial charge in [0.2, 0.25) is 0 Å². The molecule has 0 atom stereocenters. The largest absolute Gasteiger partial charge is 0.381 e. The molecule has 22 heavy (non-hydrogen) atoms. The maximum atomic E-state index is 11.6. The van der Waals surface area contributed by atoms with Gasteiger partial charge in [0.15, 0.2) is 5.82 Å². The van der Waals surface area contributed by atoms with Crippen molar-refractivity contribution < 1.29 is 9.53 Å². The van der Waals surface area contributed by atoms with Gasteiger partial charge in [-0.15, -0.1) is 0 Å². The first-order chi connectivity index (χ1) is 10.7. The highest BCUT2D eigenvalue weighted by Gasteiger charge is 2.19. The molecule has 114 valence electrons. The summed E-state index contributed by atoms with van der Waals surface area (Å²) >= 11 is 0. The first-order valence-electron chi connectivity index (χ1n) is 7.53. The Morgan fingerprint density at radius 3 is 2.64 bits per heavy atom. The van der Waals surface area contributed by atoms with E-state index in [1.54, 1.807) is 6.20 Å². The lowest BCUT2D eigenvalue weighted by Crippen LogP contribution is -2.21. The number of ether oxygens (including phenoxy) is 1. The molecule has 0 bridgehead atoms. The monoisotopic (exact) mass is 297 g/mol. The van der Waals surface area contributed by atoms with Crippen LogP contribution in [-0.2, 0) is 11.2 Å². The summed E-state index contributed by atoms with van der Waals surface area (Å²) in [6.45, 7) is 1.54. The Hall–Kier alpha value is -2.27. The van der Waals surface area contributed by atoms with Crippen LogP contribution in [0.1, 0.15) is 28.9 Å². The molecular weight excluding hydrogens is 278 g/mol. The maximum absolute atomic E-state index is 11.6. The van der Waals surface area contributed by atoms with Crippen molar-refractivity contribution in [3.05, 3.63) is 47.8 Å². The molecule has 2 aromatic rings. The van der Waals surface area contributed by atoms with E-state index < -0.39 is 5.91 Å². The molecule has 5 nitrogen and oxygen atoms in total. The number of nitrogens with zero attached hydrogens (tertiary/aromatic N) is 2. The van der Waals surface area contributed by atoms with Gasteiger partial charge in [-0.25, -0.2) is 9.97 Å². The van der Waals surface area contributed by atoms with Crippen LogP contribution in [0, 0.1) is 5.92 Å². The lowest BCUT2D eigenvalue weighted by Gasteiger charge is -2.22. The first-order valence-corrected chi connectivity index (χ1v) is 7.53. The Morgan fingerprint density at radius 1 is 1.23 bits per heavy atom. The Labute approximate surface area is 129 Å². The molecule has 1 aromatic heterocycles. The van der Waals surface area contributed by atoms with Crippen molar-refractivity contribution >= 4 is 5.91 Å². The van der Waals surface area contributed by atoms with Crippen LogP contribution in [0.4, 0.5) is 0 Å². The molecule has 3 rings (SSSR count). The number of hydrogen-bond donors (Lipinski definition) is 1. The van der Waals surface area contributed by atoms with Crippen molar-refractivity contribution in [3.8, 4) is 11.4 Å². The molecule has 0 aliphatic carbocycles. The highest BCUT2D eigenvalue weighted by atomic mass is 16.5. The van der Waals surface area contributed by atoms with Gasteiger partial charge in [0, 0.05) is 25.0 Å². The van der Waals surface area contributed by atoms with Crippen LogP contribution in [0.15, 0.2) is 36.5 Å². The fourth-order valence-electron chi connectivity index (χ4n) is 2.73. The zero-order valence-corrected chi connectivity index (χ0v) is 12.4. The molecule has 5 heteroatoms. The van der Waals surface area contributed by atoms with E-state index in [9.17, 15) is 4.79 Å². The Morgan fingerprint density at radius 2 is 1.95 bits per heavy atom. The summed E-state index contributed by atoms with van der Waals surface area (Å²) in [6, 6.07) is 9.75. The number of primary amides is 1. The average Bonchev–Trinajstić information content (AvgIpc) is 2.56. The topological polar surface area (TPSA) is 78.1 Å². The standard InChI is InChI=1S/C17H19N3O2/c18-16(21)14-11-19-17(13-4-2-1-3-5-13)20-15(14)10-12-6-8-22-9-7-12/h1-5,11-12H,6-10H2,(H2,18,21). The number of nitrogens with two attached hydrogens (primary N) is 1. The smallest absolute Gasteiger partial charge is 0.252 e. The van der Waals surface area contributed by atoms with E-state index in [0.717, 1.165) is 43.7 Å². The predicted octanol–water partition coefficient (Wildman–Crippen LogP) is 2.21. The number of carbonyl (C=O) groups is 1. The quantitative estimate of drug-likeness (QED) is 0.938. The summed E-state index contributed by atoms with van der Waals surface area (Å²) in [5.74, 6) is 0.639. The molecule has 0 saturated carbocycles. The van der Waals surface area contributed by atoms with Crippen LogP contribution in [0.3, 0.4) is 0 Å². The van der Waals surface area contributed by atoms with Crippen molar-refractivity contribution in [1.29, 1.82) is 0 Å². The minimum absolute atomic E-state index is 0.422. The zero-order chi connectivity index (χ0) is 15.4. The summed E-state index contributed by atoms with van der Waals surface area (Å²) in [4.78, 5) is 20.5. The lowest BCUT2D eigenvalue weighted by molar-refractivity contribution is 0.0662. The van der Waals surface area contributed by atoms with E-state index in [1.165, 1.54) is 0 Å². The van der Waals surface area contributed by atoms with E-state index in [0.29, 0.717) is 17.3 Å². The summed E-state index contributed by atoms with van der Waals surface area (Å²) in [5, 5.41) is 0. The number of hydrogen-bond acceptors (Lipinski definition) is 4. The van der Waals surface area contributed by atoms with Crippen molar-refractivity contribution in [2.24, 2.45) is 11.7 Å². The highest BCUT2D eigenvalue weighted by molar-refractivity contribution is 5.93. The fraction of sp³-hybridized carbons (Fsp3) is 0.353. The van der Waals surface area contributed by atoms with Crippen molar-refractivity contribution in [3.63, 3.8) is 0 Å². The first kappa shape index (κ1) is 14.7. The van der Waals surface area contributed by atoms with E-state index >= 15 is 0 Å². The molecule has 1 aromatic carbocycles. The van der Waals surface area contributed by atoms with Crippen LogP contribution < -0.4 is 5.73 Å². The van der Waals surface area contributed by atoms with Gasteiger partial charge in [0.1, 0.15) is 0 Å². The second kappa shape index (κ2) is 6.66. The average molecular weight is 297 g/mol. The fourth-order valence-corrected chi connectivity index (χ4v) is 2.73. The van der Waals surface area contributed by atoms with Crippen LogP contribution in [0.2, 0.25) is 0 Å². The molecule has 0 unspecified atom stereocenters. The molecule has 1 aliphatic heterocycles. The third-order valence-corrected chi connectivity index (χ3v) is 3.99. The number of benzene rings is 1.